The molecular weight excluding hydrogens is 236 g/mol. The van der Waals surface area contributed by atoms with Crippen molar-refractivity contribution < 1.29 is 13.2 Å². The molecule has 0 saturated carbocycles. The van der Waals surface area contributed by atoms with E-state index in [0.717, 1.165) is 17.4 Å². The second-order valence-electron chi connectivity index (χ2n) is 4.23. The highest BCUT2D eigenvalue weighted by Crippen LogP contribution is 2.24. The molecule has 1 N–H and O–H groups in total. The van der Waals surface area contributed by atoms with Gasteiger partial charge in [0.1, 0.15) is 5.76 Å². The van der Waals surface area contributed by atoms with Crippen molar-refractivity contribution in [3.63, 3.8) is 0 Å². The van der Waals surface area contributed by atoms with Crippen LogP contribution in [0.25, 0.3) is 0 Å². The van der Waals surface area contributed by atoms with Crippen LogP contribution in [0.3, 0.4) is 0 Å². The summed E-state index contributed by atoms with van der Waals surface area (Å²) < 4.78 is 32.1. The second kappa shape index (κ2) is 5.31. The fourth-order valence-corrected chi connectivity index (χ4v) is 1.99. The summed E-state index contributed by atoms with van der Waals surface area (Å²) in [6.45, 7) is 1.92. The van der Waals surface area contributed by atoms with Crippen LogP contribution < -0.4 is 5.32 Å². The van der Waals surface area contributed by atoms with Gasteiger partial charge in [-0.3, -0.25) is 0 Å². The van der Waals surface area contributed by atoms with E-state index in [0.29, 0.717) is 12.0 Å². The van der Waals surface area contributed by atoms with Gasteiger partial charge in [-0.2, -0.15) is 0 Å². The van der Waals surface area contributed by atoms with Crippen molar-refractivity contribution in [3.8, 4) is 0 Å². The van der Waals surface area contributed by atoms with E-state index < -0.39 is 11.6 Å². The lowest BCUT2D eigenvalue weighted by molar-refractivity contribution is 0.418. The minimum atomic E-state index is -0.821. The Morgan fingerprint density at radius 3 is 2.67 bits per heavy atom. The van der Waals surface area contributed by atoms with Gasteiger partial charge in [0.25, 0.3) is 0 Å². The Kier molecular flexibility index (Phi) is 3.77. The number of hydrogen-bond donors (Lipinski definition) is 1. The Morgan fingerprint density at radius 1 is 1.28 bits per heavy atom. The average Bonchev–Trinajstić information content (AvgIpc) is 2.77. The lowest BCUT2D eigenvalue weighted by Gasteiger charge is -2.15. The van der Waals surface area contributed by atoms with Crippen LogP contribution in [0.5, 0.6) is 0 Å². The summed E-state index contributed by atoms with van der Waals surface area (Å²) >= 11 is 0. The molecule has 1 aromatic carbocycles. The van der Waals surface area contributed by atoms with E-state index in [1.165, 1.54) is 6.07 Å². The van der Waals surface area contributed by atoms with E-state index in [2.05, 4.69) is 5.32 Å². The quantitative estimate of drug-likeness (QED) is 0.901. The molecule has 18 heavy (non-hydrogen) atoms. The number of rotatable bonds is 4. The molecule has 0 amide bonds. The Labute approximate surface area is 105 Å². The molecule has 1 atom stereocenters. The summed E-state index contributed by atoms with van der Waals surface area (Å²) in [5, 5.41) is 3.06. The Bertz CT molecular complexity index is 536. The van der Waals surface area contributed by atoms with E-state index in [4.69, 9.17) is 4.42 Å². The molecule has 0 spiro atoms. The lowest BCUT2D eigenvalue weighted by atomic mass is 10.0. The largest absolute Gasteiger partial charge is 0.467 e. The van der Waals surface area contributed by atoms with Gasteiger partial charge in [-0.25, -0.2) is 8.78 Å². The van der Waals surface area contributed by atoms with Gasteiger partial charge in [0, 0.05) is 0 Å². The number of benzene rings is 1. The van der Waals surface area contributed by atoms with Gasteiger partial charge in [-0.15, -0.1) is 0 Å². The molecular formula is C14H15F2NO. The molecule has 0 aliphatic carbocycles. The molecule has 0 aliphatic rings. The van der Waals surface area contributed by atoms with Crippen molar-refractivity contribution in [2.75, 3.05) is 7.05 Å². The molecule has 1 unspecified atom stereocenters. The predicted octanol–water partition coefficient (Wildman–Crippen LogP) is 3.37. The zero-order chi connectivity index (χ0) is 13.1. The SMILES string of the molecule is CNC(Cc1cccc(F)c1F)c1occc1C. The van der Waals surface area contributed by atoms with E-state index in [1.54, 1.807) is 19.4 Å². The molecule has 2 aromatic rings. The molecule has 96 valence electrons. The van der Waals surface area contributed by atoms with E-state index in [9.17, 15) is 8.78 Å². The summed E-state index contributed by atoms with van der Waals surface area (Å²) in [5.41, 5.74) is 1.33. The predicted molar refractivity (Wildman–Crippen MR) is 65.3 cm³/mol. The van der Waals surface area contributed by atoms with Crippen LogP contribution in [0.15, 0.2) is 34.9 Å². The highest BCUT2D eigenvalue weighted by atomic mass is 19.2. The minimum Gasteiger partial charge on any atom is -0.467 e. The molecule has 1 heterocycles. The number of likely N-dealkylation sites (N-methyl/N-ethyl adjacent to an activating group) is 1. The topological polar surface area (TPSA) is 25.2 Å². The number of hydrogen-bond acceptors (Lipinski definition) is 2. The first kappa shape index (κ1) is 12.8. The molecule has 0 bridgehead atoms. The summed E-state index contributed by atoms with van der Waals surface area (Å²) in [6.07, 6.45) is 1.94. The van der Waals surface area contributed by atoms with Crippen molar-refractivity contribution in [1.29, 1.82) is 0 Å². The van der Waals surface area contributed by atoms with Crippen LogP contribution in [0.2, 0.25) is 0 Å². The number of furan rings is 1. The van der Waals surface area contributed by atoms with Crippen molar-refractivity contribution in [2.24, 2.45) is 0 Å². The van der Waals surface area contributed by atoms with E-state index in [-0.39, 0.29) is 6.04 Å². The van der Waals surface area contributed by atoms with Crippen molar-refractivity contribution in [1.82, 2.24) is 5.32 Å². The zero-order valence-electron chi connectivity index (χ0n) is 10.3. The lowest BCUT2D eigenvalue weighted by Crippen LogP contribution is -2.19. The van der Waals surface area contributed by atoms with Gasteiger partial charge < -0.3 is 9.73 Å². The molecule has 1 aromatic heterocycles. The Balaban J connectivity index is 2.26. The average molecular weight is 251 g/mol. The monoisotopic (exact) mass is 251 g/mol. The first-order valence-electron chi connectivity index (χ1n) is 5.77. The maximum Gasteiger partial charge on any atom is 0.162 e. The number of aryl methyl sites for hydroxylation is 1. The molecule has 4 heteroatoms. The molecule has 2 rings (SSSR count). The normalized spacial score (nSPS) is 12.7. The van der Waals surface area contributed by atoms with Crippen molar-refractivity contribution in [3.05, 3.63) is 59.1 Å². The first-order chi connectivity index (χ1) is 8.63. The van der Waals surface area contributed by atoms with Gasteiger partial charge in [0.15, 0.2) is 11.6 Å². The fourth-order valence-electron chi connectivity index (χ4n) is 1.99. The van der Waals surface area contributed by atoms with Gasteiger partial charge in [-0.05, 0) is 43.7 Å². The Hall–Kier alpha value is -1.68. The van der Waals surface area contributed by atoms with Gasteiger partial charge in [0.05, 0.1) is 12.3 Å². The highest BCUT2D eigenvalue weighted by molar-refractivity contribution is 5.24. The summed E-state index contributed by atoms with van der Waals surface area (Å²) in [7, 11) is 1.77. The first-order valence-corrected chi connectivity index (χ1v) is 5.77. The van der Waals surface area contributed by atoms with E-state index >= 15 is 0 Å². The fraction of sp³-hybridized carbons (Fsp3) is 0.286. The van der Waals surface area contributed by atoms with Gasteiger partial charge in [0.2, 0.25) is 0 Å². The highest BCUT2D eigenvalue weighted by Gasteiger charge is 2.18. The van der Waals surface area contributed by atoms with Crippen LogP contribution >= 0.6 is 0 Å². The maximum atomic E-state index is 13.6. The van der Waals surface area contributed by atoms with Crippen LogP contribution in [-0.2, 0) is 6.42 Å². The number of halogens is 2. The molecule has 0 saturated heterocycles. The van der Waals surface area contributed by atoms with Crippen LogP contribution in [-0.4, -0.2) is 7.05 Å². The second-order valence-corrected chi connectivity index (χ2v) is 4.23. The molecule has 0 radical (unpaired) electrons. The molecule has 0 fully saturated rings. The van der Waals surface area contributed by atoms with Crippen LogP contribution in [0.4, 0.5) is 8.78 Å². The van der Waals surface area contributed by atoms with Crippen molar-refractivity contribution >= 4 is 0 Å². The molecule has 2 nitrogen and oxygen atoms in total. The smallest absolute Gasteiger partial charge is 0.162 e. The van der Waals surface area contributed by atoms with Crippen LogP contribution in [0, 0.1) is 18.6 Å². The Morgan fingerprint density at radius 2 is 2.06 bits per heavy atom. The standard InChI is InChI=1S/C14H15F2NO/c1-9-6-7-18-14(9)12(17-2)8-10-4-3-5-11(15)13(10)16/h3-7,12,17H,8H2,1-2H3. The minimum absolute atomic E-state index is 0.170. The maximum absolute atomic E-state index is 13.6. The zero-order valence-corrected chi connectivity index (χ0v) is 10.3. The van der Waals surface area contributed by atoms with Crippen LogP contribution in [0.1, 0.15) is 22.9 Å². The summed E-state index contributed by atoms with van der Waals surface area (Å²) in [5.74, 6) is -0.860. The van der Waals surface area contributed by atoms with Gasteiger partial charge >= 0.3 is 0 Å². The van der Waals surface area contributed by atoms with Crippen molar-refractivity contribution in [2.45, 2.75) is 19.4 Å². The molecule has 0 aliphatic heterocycles. The summed E-state index contributed by atoms with van der Waals surface area (Å²) in [6, 6.07) is 5.89. The van der Waals surface area contributed by atoms with Gasteiger partial charge in [-0.1, -0.05) is 12.1 Å². The van der Waals surface area contributed by atoms with E-state index in [1.807, 2.05) is 13.0 Å². The third kappa shape index (κ3) is 2.43. The third-order valence-electron chi connectivity index (χ3n) is 3.02. The summed E-state index contributed by atoms with van der Waals surface area (Å²) in [4.78, 5) is 0. The number of nitrogens with one attached hydrogen (secondary N) is 1. The third-order valence-corrected chi connectivity index (χ3v) is 3.02.